The van der Waals surface area contributed by atoms with Gasteiger partial charge >= 0.3 is 11.9 Å². The molecule has 9 heteroatoms. The molecule has 0 aromatic heterocycles. The van der Waals surface area contributed by atoms with E-state index in [0.29, 0.717) is 17.2 Å². The number of hydrogen-bond acceptors (Lipinski definition) is 6. The van der Waals surface area contributed by atoms with Crippen molar-refractivity contribution in [3.05, 3.63) is 0 Å². The third-order valence-corrected chi connectivity index (χ3v) is 3.54. The zero-order valence-corrected chi connectivity index (χ0v) is 10.9. The van der Waals surface area contributed by atoms with Crippen molar-refractivity contribution < 1.29 is 24.6 Å². The number of nitrogens with zero attached hydrogens (tertiary/aromatic N) is 1. The molecule has 0 saturated carbocycles. The highest BCUT2D eigenvalue weighted by atomic mass is 32.2. The molecule has 0 saturated heterocycles. The summed E-state index contributed by atoms with van der Waals surface area (Å²) < 4.78 is 0. The highest BCUT2D eigenvalue weighted by Crippen LogP contribution is 2.21. The number of carboxylic acids is 2. The van der Waals surface area contributed by atoms with E-state index in [9.17, 15) is 14.4 Å². The lowest BCUT2D eigenvalue weighted by atomic mass is 10.2. The van der Waals surface area contributed by atoms with E-state index in [4.69, 9.17) is 15.9 Å². The molecule has 0 fully saturated rings. The van der Waals surface area contributed by atoms with Gasteiger partial charge in [0.05, 0.1) is 5.04 Å². The SMILES string of the molecule is N[C@@H](CCC1=N[C@H](C(=O)NCC(=O)O)CS1)C(=O)O. The quantitative estimate of drug-likeness (QED) is 0.465. The Morgan fingerprint density at radius 3 is 2.74 bits per heavy atom. The summed E-state index contributed by atoms with van der Waals surface area (Å²) in [6, 6.07) is -1.55. The maximum Gasteiger partial charge on any atom is 0.322 e. The highest BCUT2D eigenvalue weighted by Gasteiger charge is 2.25. The van der Waals surface area contributed by atoms with E-state index in [0.717, 1.165) is 0 Å². The highest BCUT2D eigenvalue weighted by molar-refractivity contribution is 8.14. The molecule has 19 heavy (non-hydrogen) atoms. The van der Waals surface area contributed by atoms with Gasteiger partial charge in [0.25, 0.3) is 0 Å². The summed E-state index contributed by atoms with van der Waals surface area (Å²) in [5, 5.41) is 20.0. The Kier molecular flexibility index (Phi) is 5.77. The van der Waals surface area contributed by atoms with Crippen molar-refractivity contribution >= 4 is 34.7 Å². The van der Waals surface area contributed by atoms with Crippen molar-refractivity contribution in [1.82, 2.24) is 5.32 Å². The predicted octanol–water partition coefficient (Wildman–Crippen LogP) is -1.11. The van der Waals surface area contributed by atoms with Crippen molar-refractivity contribution in [3.63, 3.8) is 0 Å². The molecule has 0 unspecified atom stereocenters. The van der Waals surface area contributed by atoms with Gasteiger partial charge in [0.1, 0.15) is 18.6 Å². The van der Waals surface area contributed by atoms with Crippen LogP contribution in [0.5, 0.6) is 0 Å². The largest absolute Gasteiger partial charge is 0.480 e. The van der Waals surface area contributed by atoms with E-state index in [-0.39, 0.29) is 6.42 Å². The molecule has 0 aromatic carbocycles. The second-order valence-corrected chi connectivity index (χ2v) is 5.04. The summed E-state index contributed by atoms with van der Waals surface area (Å²) in [4.78, 5) is 36.5. The Balaban J connectivity index is 2.39. The number of aliphatic carboxylic acids is 2. The molecule has 5 N–H and O–H groups in total. The third kappa shape index (κ3) is 5.26. The fraction of sp³-hybridized carbons (Fsp3) is 0.600. The van der Waals surface area contributed by atoms with Crippen molar-refractivity contribution in [1.29, 1.82) is 0 Å². The average Bonchev–Trinajstić information content (AvgIpc) is 2.81. The average molecular weight is 289 g/mol. The third-order valence-electron chi connectivity index (χ3n) is 2.41. The van der Waals surface area contributed by atoms with Gasteiger partial charge in [-0.3, -0.25) is 19.4 Å². The van der Waals surface area contributed by atoms with Crippen LogP contribution in [0, 0.1) is 0 Å². The normalized spacial score (nSPS) is 19.6. The van der Waals surface area contributed by atoms with Crippen LogP contribution in [-0.2, 0) is 14.4 Å². The molecule has 8 nitrogen and oxygen atoms in total. The van der Waals surface area contributed by atoms with E-state index in [1.165, 1.54) is 11.8 Å². The van der Waals surface area contributed by atoms with Crippen LogP contribution >= 0.6 is 11.8 Å². The van der Waals surface area contributed by atoms with Crippen LogP contribution in [0.1, 0.15) is 12.8 Å². The molecule has 0 aliphatic carbocycles. The Hall–Kier alpha value is -1.61. The van der Waals surface area contributed by atoms with Gasteiger partial charge in [-0.25, -0.2) is 0 Å². The molecule has 2 atom stereocenters. The van der Waals surface area contributed by atoms with Crippen molar-refractivity contribution in [2.75, 3.05) is 12.3 Å². The minimum Gasteiger partial charge on any atom is -0.480 e. The van der Waals surface area contributed by atoms with Gasteiger partial charge < -0.3 is 21.3 Å². The first-order valence-corrected chi connectivity index (χ1v) is 6.56. The fourth-order valence-corrected chi connectivity index (χ4v) is 2.42. The number of amides is 1. The molecule has 0 spiro atoms. The molecule has 0 bridgehead atoms. The van der Waals surface area contributed by atoms with E-state index < -0.39 is 36.5 Å². The summed E-state index contributed by atoms with van der Waals surface area (Å²) in [5.74, 6) is -2.19. The summed E-state index contributed by atoms with van der Waals surface area (Å²) >= 11 is 1.36. The van der Waals surface area contributed by atoms with Gasteiger partial charge in [-0.2, -0.15) is 0 Å². The number of rotatable bonds is 7. The van der Waals surface area contributed by atoms with Crippen LogP contribution in [0.3, 0.4) is 0 Å². The molecule has 1 heterocycles. The van der Waals surface area contributed by atoms with Crippen molar-refractivity contribution in [2.24, 2.45) is 10.7 Å². The van der Waals surface area contributed by atoms with Crippen LogP contribution in [0.25, 0.3) is 0 Å². The Morgan fingerprint density at radius 1 is 1.47 bits per heavy atom. The number of nitrogens with one attached hydrogen (secondary N) is 1. The number of nitrogens with two attached hydrogens (primary N) is 1. The van der Waals surface area contributed by atoms with Crippen LogP contribution < -0.4 is 11.1 Å². The molecule has 0 aromatic rings. The van der Waals surface area contributed by atoms with Gasteiger partial charge in [-0.05, 0) is 12.8 Å². The Labute approximate surface area is 113 Å². The van der Waals surface area contributed by atoms with E-state index >= 15 is 0 Å². The molecular formula is C10H15N3O5S. The van der Waals surface area contributed by atoms with Crippen LogP contribution in [0.15, 0.2) is 4.99 Å². The number of thioether (sulfide) groups is 1. The van der Waals surface area contributed by atoms with Crippen LogP contribution in [0.4, 0.5) is 0 Å². The molecule has 1 aliphatic heterocycles. The van der Waals surface area contributed by atoms with Gasteiger partial charge in [0, 0.05) is 5.75 Å². The first-order chi connectivity index (χ1) is 8.90. The fourth-order valence-electron chi connectivity index (χ4n) is 1.38. The second kappa shape index (κ2) is 7.10. The number of carboxylic acid groups (broad SMARTS) is 2. The topological polar surface area (TPSA) is 142 Å². The molecule has 0 radical (unpaired) electrons. The number of aliphatic imine (C=N–C) groups is 1. The first-order valence-electron chi connectivity index (χ1n) is 5.57. The van der Waals surface area contributed by atoms with Gasteiger partial charge in [-0.1, -0.05) is 0 Å². The lowest BCUT2D eigenvalue weighted by molar-refractivity contribution is -0.139. The van der Waals surface area contributed by atoms with E-state index in [1.54, 1.807) is 0 Å². The maximum atomic E-state index is 11.5. The van der Waals surface area contributed by atoms with Crippen molar-refractivity contribution in [2.45, 2.75) is 24.9 Å². The molecule has 1 amide bonds. The first kappa shape index (κ1) is 15.4. The minimum absolute atomic E-state index is 0.255. The van der Waals surface area contributed by atoms with Gasteiger partial charge in [0.2, 0.25) is 5.91 Å². The van der Waals surface area contributed by atoms with Gasteiger partial charge in [-0.15, -0.1) is 11.8 Å². The standard InChI is InChI=1S/C10H15N3O5S/c11-5(10(17)18)1-2-7-13-6(4-19-7)9(16)12-3-8(14)15/h5-6H,1-4,11H2,(H,12,16)(H,14,15)(H,17,18)/t5-,6-/m0/s1. The zero-order chi connectivity index (χ0) is 14.4. The Morgan fingerprint density at radius 2 is 2.16 bits per heavy atom. The monoisotopic (exact) mass is 289 g/mol. The molecular weight excluding hydrogens is 274 g/mol. The van der Waals surface area contributed by atoms with E-state index in [1.807, 2.05) is 0 Å². The lowest BCUT2D eigenvalue weighted by Crippen LogP contribution is -2.37. The van der Waals surface area contributed by atoms with E-state index in [2.05, 4.69) is 10.3 Å². The summed E-state index contributed by atoms with van der Waals surface area (Å²) in [6.45, 7) is -0.436. The molecule has 106 valence electrons. The molecule has 1 aliphatic rings. The van der Waals surface area contributed by atoms with Crippen molar-refractivity contribution in [3.8, 4) is 0 Å². The second-order valence-electron chi connectivity index (χ2n) is 3.94. The summed E-state index contributed by atoms with van der Waals surface area (Å²) in [7, 11) is 0. The smallest absolute Gasteiger partial charge is 0.322 e. The van der Waals surface area contributed by atoms with Gasteiger partial charge in [0.15, 0.2) is 0 Å². The Bertz CT molecular complexity index is 412. The lowest BCUT2D eigenvalue weighted by Gasteiger charge is -2.05. The molecule has 1 rings (SSSR count). The minimum atomic E-state index is -1.12. The van der Waals surface area contributed by atoms with Crippen LogP contribution in [-0.4, -0.2) is 57.5 Å². The zero-order valence-electron chi connectivity index (χ0n) is 10.0. The van der Waals surface area contributed by atoms with Crippen LogP contribution in [0.2, 0.25) is 0 Å². The number of hydrogen-bond donors (Lipinski definition) is 4. The number of carbonyl (C=O) groups is 3. The summed E-state index contributed by atoms with van der Waals surface area (Å²) in [6.07, 6.45) is 0.658. The number of carbonyl (C=O) groups excluding carboxylic acids is 1. The predicted molar refractivity (Wildman–Crippen MR) is 69.2 cm³/mol. The maximum absolute atomic E-state index is 11.5. The summed E-state index contributed by atoms with van der Waals surface area (Å²) in [5.41, 5.74) is 5.36.